The van der Waals surface area contributed by atoms with Crippen LogP contribution in [0.2, 0.25) is 0 Å². The van der Waals surface area contributed by atoms with Crippen molar-refractivity contribution in [1.82, 2.24) is 14.5 Å². The highest BCUT2D eigenvalue weighted by Crippen LogP contribution is 2.12. The van der Waals surface area contributed by atoms with Crippen LogP contribution < -0.4 is 4.74 Å². The smallest absolute Gasteiger partial charge is 0.296 e. The highest BCUT2D eigenvalue weighted by atomic mass is 16.5. The van der Waals surface area contributed by atoms with Gasteiger partial charge in [-0.05, 0) is 32.4 Å². The molecule has 2 rings (SSSR count). The predicted molar refractivity (Wildman–Crippen MR) is 73.6 cm³/mol. The number of hydrogen-bond donors (Lipinski definition) is 0. The Morgan fingerprint density at radius 2 is 2.11 bits per heavy atom. The minimum atomic E-state index is 0.0122. The number of carbonyl (C=O) groups excluding carboxylic acids is 1. The van der Waals surface area contributed by atoms with Crippen LogP contribution in [0.4, 0.5) is 0 Å². The van der Waals surface area contributed by atoms with Crippen LogP contribution in [0, 0.1) is 0 Å². The lowest BCUT2D eigenvalue weighted by Crippen LogP contribution is -2.31. The number of aromatic nitrogens is 2. The van der Waals surface area contributed by atoms with Crippen molar-refractivity contribution in [1.29, 1.82) is 0 Å². The van der Waals surface area contributed by atoms with Crippen LogP contribution in [-0.4, -0.2) is 46.5 Å². The normalized spacial score (nSPS) is 16.5. The highest BCUT2D eigenvalue weighted by Gasteiger charge is 2.12. The van der Waals surface area contributed by atoms with Gasteiger partial charge in [0.25, 0.3) is 6.01 Å². The Bertz CT molecular complexity index is 422. The van der Waals surface area contributed by atoms with Crippen LogP contribution in [0.5, 0.6) is 6.01 Å². The number of rotatable bonds is 6. The molecule has 0 saturated carbocycles. The van der Waals surface area contributed by atoms with Crippen molar-refractivity contribution in [3.05, 3.63) is 11.9 Å². The van der Waals surface area contributed by atoms with Crippen LogP contribution in [0.25, 0.3) is 0 Å². The van der Waals surface area contributed by atoms with E-state index >= 15 is 0 Å². The number of imidazole rings is 1. The summed E-state index contributed by atoms with van der Waals surface area (Å²) in [6.45, 7) is 5.72. The van der Waals surface area contributed by atoms with E-state index in [1.54, 1.807) is 10.8 Å². The summed E-state index contributed by atoms with van der Waals surface area (Å²) < 4.78 is 7.34. The van der Waals surface area contributed by atoms with Crippen molar-refractivity contribution in [3.63, 3.8) is 0 Å². The highest BCUT2D eigenvalue weighted by molar-refractivity contribution is 5.92. The van der Waals surface area contributed by atoms with E-state index in [4.69, 9.17) is 4.74 Å². The number of hydrogen-bond acceptors (Lipinski definition) is 4. The van der Waals surface area contributed by atoms with Crippen molar-refractivity contribution in [2.75, 3.05) is 26.2 Å². The number of likely N-dealkylation sites (tertiary alicyclic amines) is 1. The first-order valence-corrected chi connectivity index (χ1v) is 7.06. The predicted octanol–water partition coefficient (Wildman–Crippen LogP) is 1.88. The topological polar surface area (TPSA) is 47.4 Å². The fourth-order valence-corrected chi connectivity index (χ4v) is 2.49. The van der Waals surface area contributed by atoms with E-state index in [9.17, 15) is 4.79 Å². The molecule has 0 radical (unpaired) electrons. The first kappa shape index (κ1) is 14.1. The molecular weight excluding hydrogens is 242 g/mol. The first-order valence-electron chi connectivity index (χ1n) is 7.06. The molecule has 0 spiro atoms. The average Bonchev–Trinajstić information content (AvgIpc) is 2.77. The molecule has 1 aliphatic heterocycles. The molecule has 1 aromatic heterocycles. The van der Waals surface area contributed by atoms with E-state index in [0.717, 1.165) is 13.0 Å². The van der Waals surface area contributed by atoms with Crippen LogP contribution in [0.1, 0.15) is 43.1 Å². The lowest BCUT2D eigenvalue weighted by atomic mass is 10.1. The lowest BCUT2D eigenvalue weighted by Gasteiger charge is -2.26. The average molecular weight is 265 g/mol. The molecule has 0 N–H and O–H groups in total. The minimum Gasteiger partial charge on any atom is -0.465 e. The third kappa shape index (κ3) is 3.80. The largest absolute Gasteiger partial charge is 0.465 e. The van der Waals surface area contributed by atoms with Crippen molar-refractivity contribution in [2.45, 2.75) is 32.6 Å². The van der Waals surface area contributed by atoms with E-state index < -0.39 is 0 Å². The van der Waals surface area contributed by atoms with E-state index in [-0.39, 0.29) is 5.78 Å². The van der Waals surface area contributed by atoms with E-state index in [0.29, 0.717) is 18.3 Å². The summed E-state index contributed by atoms with van der Waals surface area (Å²) in [5, 5.41) is 0. The van der Waals surface area contributed by atoms with Gasteiger partial charge in [0.15, 0.2) is 5.78 Å². The minimum absolute atomic E-state index is 0.0122. The van der Waals surface area contributed by atoms with Gasteiger partial charge in [-0.1, -0.05) is 6.42 Å². The standard InChI is InChI=1S/C14H23N3O2/c1-12(18)13-11-15-14(16(13)2)19-10-6-9-17-7-4-3-5-8-17/h11H,3-10H2,1-2H3. The molecule has 5 heteroatoms. The summed E-state index contributed by atoms with van der Waals surface area (Å²) in [5.74, 6) is 0.0122. The summed E-state index contributed by atoms with van der Waals surface area (Å²) in [5.41, 5.74) is 0.589. The van der Waals surface area contributed by atoms with Gasteiger partial charge in [0.2, 0.25) is 0 Å². The molecule has 1 aromatic rings. The second-order valence-electron chi connectivity index (χ2n) is 5.15. The zero-order chi connectivity index (χ0) is 13.7. The second-order valence-corrected chi connectivity index (χ2v) is 5.15. The molecule has 1 aliphatic rings. The molecule has 1 fully saturated rings. The maximum absolute atomic E-state index is 11.3. The van der Waals surface area contributed by atoms with Crippen molar-refractivity contribution < 1.29 is 9.53 Å². The number of nitrogens with zero attached hydrogens (tertiary/aromatic N) is 3. The fourth-order valence-electron chi connectivity index (χ4n) is 2.49. The number of piperidine rings is 1. The SMILES string of the molecule is CC(=O)c1cnc(OCCCN2CCCCC2)n1C. The molecule has 106 valence electrons. The van der Waals surface area contributed by atoms with Gasteiger partial charge in [-0.25, -0.2) is 4.98 Å². The molecule has 0 amide bonds. The Balaban J connectivity index is 1.72. The molecule has 1 saturated heterocycles. The van der Waals surface area contributed by atoms with Gasteiger partial charge in [0.1, 0.15) is 5.69 Å². The Morgan fingerprint density at radius 3 is 2.74 bits per heavy atom. The Hall–Kier alpha value is -1.36. The van der Waals surface area contributed by atoms with Crippen molar-refractivity contribution in [3.8, 4) is 6.01 Å². The number of Topliss-reactive ketones (excluding diaryl/α,β-unsaturated/α-hetero) is 1. The van der Waals surface area contributed by atoms with Crippen molar-refractivity contribution in [2.24, 2.45) is 7.05 Å². The number of ether oxygens (including phenoxy) is 1. The molecule has 0 unspecified atom stereocenters. The van der Waals surface area contributed by atoms with E-state index in [1.165, 1.54) is 39.3 Å². The Labute approximate surface area is 114 Å². The van der Waals surface area contributed by atoms with Gasteiger partial charge in [0.05, 0.1) is 12.8 Å². The van der Waals surface area contributed by atoms with Gasteiger partial charge in [-0.2, -0.15) is 0 Å². The molecular formula is C14H23N3O2. The fraction of sp³-hybridized carbons (Fsp3) is 0.714. The quantitative estimate of drug-likeness (QED) is 0.582. The monoisotopic (exact) mass is 265 g/mol. The molecule has 0 atom stereocenters. The molecule has 5 nitrogen and oxygen atoms in total. The van der Waals surface area contributed by atoms with Gasteiger partial charge in [0, 0.05) is 20.5 Å². The maximum Gasteiger partial charge on any atom is 0.296 e. The molecule has 0 aliphatic carbocycles. The van der Waals surface area contributed by atoms with Gasteiger partial charge >= 0.3 is 0 Å². The lowest BCUT2D eigenvalue weighted by molar-refractivity contribution is 0.100. The number of ketones is 1. The summed E-state index contributed by atoms with van der Waals surface area (Å²) in [7, 11) is 1.81. The third-order valence-corrected chi connectivity index (χ3v) is 3.60. The zero-order valence-corrected chi connectivity index (χ0v) is 11.9. The molecule has 0 aromatic carbocycles. The van der Waals surface area contributed by atoms with Crippen LogP contribution in [0.15, 0.2) is 6.20 Å². The summed E-state index contributed by atoms with van der Waals surface area (Å²) in [6.07, 6.45) is 6.59. The van der Waals surface area contributed by atoms with E-state index in [2.05, 4.69) is 9.88 Å². The van der Waals surface area contributed by atoms with Gasteiger partial charge in [-0.3, -0.25) is 9.36 Å². The van der Waals surface area contributed by atoms with Crippen LogP contribution >= 0.6 is 0 Å². The Morgan fingerprint density at radius 1 is 1.37 bits per heavy atom. The first-order chi connectivity index (χ1) is 9.18. The summed E-state index contributed by atoms with van der Waals surface area (Å²) in [6, 6.07) is 0.531. The molecule has 19 heavy (non-hydrogen) atoms. The third-order valence-electron chi connectivity index (χ3n) is 3.60. The zero-order valence-electron chi connectivity index (χ0n) is 11.9. The van der Waals surface area contributed by atoms with E-state index in [1.807, 2.05) is 7.05 Å². The summed E-state index contributed by atoms with van der Waals surface area (Å²) >= 11 is 0. The van der Waals surface area contributed by atoms with Gasteiger partial charge < -0.3 is 9.64 Å². The maximum atomic E-state index is 11.3. The number of carbonyl (C=O) groups is 1. The molecule has 2 heterocycles. The summed E-state index contributed by atoms with van der Waals surface area (Å²) in [4.78, 5) is 17.9. The van der Waals surface area contributed by atoms with Crippen molar-refractivity contribution >= 4 is 5.78 Å². The Kier molecular flexibility index (Phi) is 4.96. The second kappa shape index (κ2) is 6.70. The van der Waals surface area contributed by atoms with Crippen LogP contribution in [-0.2, 0) is 7.05 Å². The van der Waals surface area contributed by atoms with Crippen LogP contribution in [0.3, 0.4) is 0 Å². The van der Waals surface area contributed by atoms with Gasteiger partial charge in [-0.15, -0.1) is 0 Å². The molecule has 0 bridgehead atoms.